The van der Waals surface area contributed by atoms with Crippen molar-refractivity contribution in [1.82, 2.24) is 0 Å². The van der Waals surface area contributed by atoms with Crippen LogP contribution < -0.4 is 4.90 Å². The van der Waals surface area contributed by atoms with E-state index in [2.05, 4.69) is 77.9 Å². The number of aliphatic imine (C=N–C) groups is 1. The average Bonchev–Trinajstić information content (AvgIpc) is 3.19. The van der Waals surface area contributed by atoms with E-state index in [9.17, 15) is 4.79 Å². The Morgan fingerprint density at radius 1 is 0.778 bits per heavy atom. The third kappa shape index (κ3) is 5.49. The second kappa shape index (κ2) is 10.5. The highest BCUT2D eigenvalue weighted by Gasteiger charge is 2.35. The van der Waals surface area contributed by atoms with Crippen molar-refractivity contribution in [3.63, 3.8) is 0 Å². The van der Waals surface area contributed by atoms with E-state index in [1.165, 1.54) is 22.9 Å². The van der Waals surface area contributed by atoms with Crippen LogP contribution in [0.4, 0.5) is 11.4 Å². The Bertz CT molecular complexity index is 1270. The summed E-state index contributed by atoms with van der Waals surface area (Å²) in [5.41, 5.74) is 5.44. The third-order valence-electron chi connectivity index (χ3n) is 7.45. The molecule has 0 spiro atoms. The molecule has 0 N–H and O–H groups in total. The summed E-state index contributed by atoms with van der Waals surface area (Å²) < 4.78 is 0. The molecule has 0 aliphatic carbocycles. The maximum Gasteiger partial charge on any atom is 0.271 e. The average molecular weight is 497 g/mol. The third-order valence-corrected chi connectivity index (χ3v) is 8.42. The lowest BCUT2D eigenvalue weighted by atomic mass is 9.82. The Kier molecular flexibility index (Phi) is 7.56. The second-order valence-corrected chi connectivity index (χ2v) is 11.6. The van der Waals surface area contributed by atoms with Gasteiger partial charge in [-0.2, -0.15) is 0 Å². The Morgan fingerprint density at radius 3 is 1.83 bits per heavy atom. The quantitative estimate of drug-likeness (QED) is 0.306. The molecule has 0 saturated carbocycles. The number of carbonyl (C=O) groups excluding carboxylic acids is 1. The van der Waals surface area contributed by atoms with Crippen LogP contribution in [0.25, 0.3) is 6.08 Å². The molecule has 1 amide bonds. The largest absolute Gasteiger partial charge is 0.271 e. The lowest BCUT2D eigenvalue weighted by Crippen LogP contribution is -2.28. The van der Waals surface area contributed by atoms with Gasteiger partial charge in [0.05, 0.1) is 16.3 Å². The van der Waals surface area contributed by atoms with E-state index in [1.807, 2.05) is 48.5 Å². The maximum atomic E-state index is 13.6. The molecule has 186 valence electrons. The summed E-state index contributed by atoms with van der Waals surface area (Å²) in [6.45, 7) is 13.4. The van der Waals surface area contributed by atoms with Crippen molar-refractivity contribution in [3.8, 4) is 0 Å². The minimum Gasteiger partial charge on any atom is -0.268 e. The Balaban J connectivity index is 1.73. The fourth-order valence-corrected chi connectivity index (χ4v) is 5.05. The Labute approximate surface area is 220 Å². The number of hydrogen-bond donors (Lipinski definition) is 0. The summed E-state index contributed by atoms with van der Waals surface area (Å²) in [4.78, 5) is 21.0. The number of nitrogens with zero attached hydrogens (tertiary/aromatic N) is 2. The second-order valence-electron chi connectivity index (χ2n) is 10.6. The molecule has 0 unspecified atom stereocenters. The molecule has 36 heavy (non-hydrogen) atoms. The maximum absolute atomic E-state index is 13.6. The standard InChI is InChI=1S/C32H36N2OS/c1-7-31(3,4)24-14-18-26(19-15-24)33-30-34(27-20-16-25(17-21-27)32(5,6)8-2)29(35)28(36-30)22-23-12-10-9-11-13-23/h9-22H,7-8H2,1-6H3. The predicted molar refractivity (Wildman–Crippen MR) is 156 cm³/mol. The van der Waals surface area contributed by atoms with Gasteiger partial charge in [-0.05, 0) is 82.5 Å². The van der Waals surface area contributed by atoms with Crippen LogP contribution in [-0.4, -0.2) is 11.1 Å². The van der Waals surface area contributed by atoms with E-state index >= 15 is 0 Å². The van der Waals surface area contributed by atoms with Gasteiger partial charge in [-0.3, -0.25) is 9.69 Å². The van der Waals surface area contributed by atoms with Crippen molar-refractivity contribution in [3.05, 3.63) is 100 Å². The molecule has 0 radical (unpaired) electrons. The lowest BCUT2D eigenvalue weighted by Gasteiger charge is -2.24. The van der Waals surface area contributed by atoms with Crippen molar-refractivity contribution in [2.24, 2.45) is 4.99 Å². The van der Waals surface area contributed by atoms with Crippen LogP contribution in [0.15, 0.2) is 88.8 Å². The fourth-order valence-electron chi connectivity index (χ4n) is 4.04. The minimum absolute atomic E-state index is 0.0474. The van der Waals surface area contributed by atoms with Crippen molar-refractivity contribution < 1.29 is 4.79 Å². The number of amides is 1. The van der Waals surface area contributed by atoms with Crippen LogP contribution in [0.2, 0.25) is 0 Å². The Hall–Kier alpha value is -3.11. The number of benzene rings is 3. The van der Waals surface area contributed by atoms with E-state index in [4.69, 9.17) is 4.99 Å². The lowest BCUT2D eigenvalue weighted by molar-refractivity contribution is -0.113. The van der Waals surface area contributed by atoms with Crippen LogP contribution in [0.3, 0.4) is 0 Å². The summed E-state index contributed by atoms with van der Waals surface area (Å²) in [6.07, 6.45) is 4.06. The number of anilines is 1. The molecule has 0 aromatic heterocycles. The van der Waals surface area contributed by atoms with E-state index in [0.717, 1.165) is 29.8 Å². The van der Waals surface area contributed by atoms with Crippen LogP contribution >= 0.6 is 11.8 Å². The van der Waals surface area contributed by atoms with Crippen LogP contribution in [0, 0.1) is 0 Å². The summed E-state index contributed by atoms with van der Waals surface area (Å²) in [5, 5.41) is 0.673. The van der Waals surface area contributed by atoms with Gasteiger partial charge in [0.2, 0.25) is 0 Å². The molecule has 3 aromatic carbocycles. The molecular formula is C32H36N2OS. The molecule has 1 heterocycles. The molecule has 0 atom stereocenters. The number of rotatable bonds is 7. The van der Waals surface area contributed by atoms with E-state index < -0.39 is 0 Å². The summed E-state index contributed by atoms with van der Waals surface area (Å²) in [6, 6.07) is 26.7. The number of carbonyl (C=O) groups is 1. The molecular weight excluding hydrogens is 460 g/mol. The number of hydrogen-bond acceptors (Lipinski definition) is 3. The highest BCUT2D eigenvalue weighted by Crippen LogP contribution is 2.38. The van der Waals surface area contributed by atoms with Crippen LogP contribution in [0.5, 0.6) is 0 Å². The molecule has 0 bridgehead atoms. The first-order valence-corrected chi connectivity index (χ1v) is 13.5. The highest BCUT2D eigenvalue weighted by molar-refractivity contribution is 8.19. The molecule has 1 aliphatic heterocycles. The SMILES string of the molecule is CCC(C)(C)c1ccc(N=C2SC(=Cc3ccccc3)C(=O)N2c2ccc(C(C)(C)CC)cc2)cc1. The summed E-state index contributed by atoms with van der Waals surface area (Å²) in [5.74, 6) is -0.0474. The zero-order valence-electron chi connectivity index (χ0n) is 22.2. The van der Waals surface area contributed by atoms with E-state index in [1.54, 1.807) is 4.90 Å². The van der Waals surface area contributed by atoms with Gasteiger partial charge < -0.3 is 0 Å². The van der Waals surface area contributed by atoms with Crippen molar-refractivity contribution in [2.75, 3.05) is 4.90 Å². The molecule has 1 fully saturated rings. The normalized spacial score (nSPS) is 16.8. The summed E-state index contributed by atoms with van der Waals surface area (Å²) >= 11 is 1.43. The smallest absolute Gasteiger partial charge is 0.268 e. The van der Waals surface area contributed by atoms with Crippen LogP contribution in [0.1, 0.15) is 71.1 Å². The fraction of sp³-hybridized carbons (Fsp3) is 0.312. The van der Waals surface area contributed by atoms with Gasteiger partial charge >= 0.3 is 0 Å². The van der Waals surface area contributed by atoms with Gasteiger partial charge in [-0.25, -0.2) is 4.99 Å². The van der Waals surface area contributed by atoms with Crippen molar-refractivity contribution in [2.45, 2.75) is 65.2 Å². The summed E-state index contributed by atoms with van der Waals surface area (Å²) in [7, 11) is 0. The first-order valence-electron chi connectivity index (χ1n) is 12.7. The number of amidine groups is 1. The van der Waals surface area contributed by atoms with E-state index in [0.29, 0.717) is 10.1 Å². The minimum atomic E-state index is -0.0474. The predicted octanol–water partition coefficient (Wildman–Crippen LogP) is 8.87. The molecule has 4 heteroatoms. The van der Waals surface area contributed by atoms with E-state index in [-0.39, 0.29) is 16.7 Å². The van der Waals surface area contributed by atoms with Gasteiger partial charge in [0.15, 0.2) is 5.17 Å². The number of thioether (sulfide) groups is 1. The molecule has 1 saturated heterocycles. The first kappa shape index (κ1) is 26.0. The molecule has 4 rings (SSSR count). The van der Waals surface area contributed by atoms with Gasteiger partial charge in [-0.15, -0.1) is 0 Å². The highest BCUT2D eigenvalue weighted by atomic mass is 32.2. The van der Waals surface area contributed by atoms with Gasteiger partial charge in [0.1, 0.15) is 0 Å². The molecule has 1 aliphatic rings. The zero-order chi connectivity index (χ0) is 25.9. The topological polar surface area (TPSA) is 32.7 Å². The van der Waals surface area contributed by atoms with Gasteiger partial charge in [0, 0.05) is 0 Å². The zero-order valence-corrected chi connectivity index (χ0v) is 23.0. The first-order chi connectivity index (χ1) is 17.1. The van der Waals surface area contributed by atoms with Gasteiger partial charge in [-0.1, -0.05) is 96.1 Å². The van der Waals surface area contributed by atoms with Gasteiger partial charge in [0.25, 0.3) is 5.91 Å². The van der Waals surface area contributed by atoms with Crippen molar-refractivity contribution in [1.29, 1.82) is 0 Å². The monoisotopic (exact) mass is 496 g/mol. The Morgan fingerprint density at radius 2 is 1.31 bits per heavy atom. The van der Waals surface area contributed by atoms with Crippen molar-refractivity contribution >= 4 is 40.3 Å². The van der Waals surface area contributed by atoms with Crippen LogP contribution in [-0.2, 0) is 15.6 Å². The molecule has 3 nitrogen and oxygen atoms in total. The molecule has 3 aromatic rings.